The van der Waals surface area contributed by atoms with Gasteiger partial charge in [0.2, 0.25) is 0 Å². The van der Waals surface area contributed by atoms with E-state index >= 15 is 0 Å². The van der Waals surface area contributed by atoms with E-state index in [0.29, 0.717) is 12.4 Å². The molecule has 0 amide bonds. The molecule has 0 atom stereocenters. The fourth-order valence-electron chi connectivity index (χ4n) is 0.573. The fraction of sp³-hybridized carbons (Fsp3) is 0.429. The quantitative estimate of drug-likeness (QED) is 0.185. The van der Waals surface area contributed by atoms with Crippen LogP contribution in [-0.2, 0) is 19.1 Å². The minimum absolute atomic E-state index is 0.0222. The lowest BCUT2D eigenvalue weighted by molar-refractivity contribution is -0.141. The summed E-state index contributed by atoms with van der Waals surface area (Å²) in [6.07, 6.45) is 1.49. The van der Waals surface area contributed by atoms with Gasteiger partial charge in [-0.3, -0.25) is 0 Å². The van der Waals surface area contributed by atoms with E-state index in [4.69, 9.17) is 11.1 Å². The van der Waals surface area contributed by atoms with Gasteiger partial charge < -0.3 is 20.5 Å². The number of esters is 2. The van der Waals surface area contributed by atoms with Gasteiger partial charge >= 0.3 is 24.4 Å². The lowest BCUT2D eigenvalue weighted by Crippen LogP contribution is -2.12. The van der Waals surface area contributed by atoms with E-state index in [1.165, 1.54) is 0 Å². The molecule has 15 heavy (non-hydrogen) atoms. The Morgan fingerprint density at radius 3 is 1.73 bits per heavy atom. The van der Waals surface area contributed by atoms with Gasteiger partial charge in [-0.25, -0.2) is 9.59 Å². The lowest BCUT2D eigenvalue weighted by atomic mass is 10.5. The number of carbonyl (C=O) groups excluding carboxylic acids is 2. The third-order valence-corrected chi connectivity index (χ3v) is 1.10. The van der Waals surface area contributed by atoms with E-state index in [2.05, 4.69) is 19.1 Å². The second-order valence-electron chi connectivity index (χ2n) is 2.18. The predicted octanol–water partition coefficient (Wildman–Crippen LogP) is -0.936. The summed E-state index contributed by atoms with van der Waals surface area (Å²) in [7, 11) is 0. The van der Waals surface area contributed by atoms with Crippen molar-refractivity contribution in [1.29, 1.82) is 0 Å². The predicted molar refractivity (Wildman–Crippen MR) is 45.9 cm³/mol. The van der Waals surface area contributed by atoms with Crippen LogP contribution in [0.3, 0.4) is 0 Å². The van der Waals surface area contributed by atoms with Crippen molar-refractivity contribution in [2.24, 2.45) is 0 Å². The number of hydrogen-bond acceptors (Lipinski definition) is 4. The average Bonchev–Trinajstić information content (AvgIpc) is 2.18. The Bertz CT molecular complexity index is 296. The van der Waals surface area contributed by atoms with Crippen LogP contribution in [0.2, 0.25) is 0 Å². The third-order valence-electron chi connectivity index (χ3n) is 1.10. The number of nitrogens with zero attached hydrogens (tertiary/aromatic N) is 4. The van der Waals surface area contributed by atoms with Crippen molar-refractivity contribution in [3.63, 3.8) is 0 Å². The van der Waals surface area contributed by atoms with Crippen LogP contribution in [0, 0.1) is 0 Å². The normalized spacial score (nSPS) is 8.00. The van der Waals surface area contributed by atoms with Crippen molar-refractivity contribution in [2.45, 2.75) is 6.42 Å². The first-order valence-corrected chi connectivity index (χ1v) is 3.89. The second-order valence-corrected chi connectivity index (χ2v) is 2.18. The van der Waals surface area contributed by atoms with Crippen LogP contribution in [-0.4, -0.2) is 47.2 Å². The Kier molecular flexibility index (Phi) is 7.03. The molecule has 0 spiro atoms. The lowest BCUT2D eigenvalue weighted by Gasteiger charge is -1.99. The van der Waals surface area contributed by atoms with Crippen LogP contribution in [0.1, 0.15) is 6.42 Å². The van der Waals surface area contributed by atoms with E-state index in [0.717, 1.165) is 0 Å². The summed E-state index contributed by atoms with van der Waals surface area (Å²) in [6, 6.07) is 0. The van der Waals surface area contributed by atoms with Gasteiger partial charge in [-0.2, -0.15) is 9.58 Å². The Morgan fingerprint density at radius 2 is 1.40 bits per heavy atom. The Morgan fingerprint density at radius 1 is 1.00 bits per heavy atom. The highest BCUT2D eigenvalue weighted by atomic mass is 16.5. The van der Waals surface area contributed by atoms with Crippen molar-refractivity contribution in [1.82, 2.24) is 0 Å². The zero-order chi connectivity index (χ0) is 11.5. The first kappa shape index (κ1) is 12.7. The molecule has 0 saturated carbocycles. The molecular weight excluding hydrogens is 204 g/mol. The summed E-state index contributed by atoms with van der Waals surface area (Å²) in [4.78, 5) is 26.0. The van der Waals surface area contributed by atoms with Crippen molar-refractivity contribution in [3.05, 3.63) is 11.1 Å². The number of ether oxygens (including phenoxy) is 2. The molecule has 0 aromatic rings. The molecule has 0 aliphatic carbocycles. The molecule has 0 aliphatic heterocycles. The summed E-state index contributed by atoms with van der Waals surface area (Å²) >= 11 is 0. The monoisotopic (exact) mass is 212 g/mol. The molecule has 0 saturated heterocycles. The van der Waals surface area contributed by atoms with Gasteiger partial charge in [0.25, 0.3) is 0 Å². The summed E-state index contributed by atoms with van der Waals surface area (Å²) in [5.41, 5.74) is 15.9. The Labute approximate surface area is 84.6 Å². The van der Waals surface area contributed by atoms with Crippen LogP contribution in [0.4, 0.5) is 0 Å². The minimum Gasteiger partial charge on any atom is -0.457 e. The molecule has 0 aliphatic rings. The molecule has 0 aromatic carbocycles. The molecule has 8 heteroatoms. The highest BCUT2D eigenvalue weighted by molar-refractivity contribution is 6.20. The largest absolute Gasteiger partial charge is 0.457 e. The Balaban J connectivity index is 3.47. The average molecular weight is 212 g/mol. The van der Waals surface area contributed by atoms with Crippen LogP contribution >= 0.6 is 0 Å². The fourth-order valence-corrected chi connectivity index (χ4v) is 0.573. The van der Waals surface area contributed by atoms with Crippen molar-refractivity contribution in [2.75, 3.05) is 13.2 Å². The zero-order valence-electron chi connectivity index (χ0n) is 7.70. The van der Waals surface area contributed by atoms with Crippen LogP contribution in [0.25, 0.3) is 11.1 Å². The van der Waals surface area contributed by atoms with Gasteiger partial charge in [0.05, 0.1) is 13.2 Å². The maximum atomic E-state index is 10.5. The first-order valence-electron chi connectivity index (χ1n) is 3.89. The molecule has 80 valence electrons. The van der Waals surface area contributed by atoms with Gasteiger partial charge in [0.15, 0.2) is 0 Å². The summed E-state index contributed by atoms with van der Waals surface area (Å²) in [6.45, 7) is 0.0444. The van der Waals surface area contributed by atoms with E-state index in [-0.39, 0.29) is 19.6 Å². The molecule has 0 aromatic heterocycles. The maximum absolute atomic E-state index is 10.5. The molecule has 0 fully saturated rings. The third kappa shape index (κ3) is 8.04. The summed E-state index contributed by atoms with van der Waals surface area (Å²) in [5.74, 6) is -1.58. The molecule has 0 unspecified atom stereocenters. The van der Waals surface area contributed by atoms with Crippen LogP contribution < -0.4 is 0 Å². The second kappa shape index (κ2) is 8.31. The van der Waals surface area contributed by atoms with E-state index in [1.54, 1.807) is 0 Å². The van der Waals surface area contributed by atoms with E-state index < -0.39 is 11.9 Å². The number of hydrogen-bond donors (Lipinski definition) is 0. The molecule has 0 heterocycles. The SMILES string of the molecule is [N-]=[N+]=CC(=O)OCCCOC(=O)C=[N+]=[N-]. The Hall–Kier alpha value is -2.30. The number of carbonyl (C=O) groups is 2. The topological polar surface area (TPSA) is 125 Å². The van der Waals surface area contributed by atoms with Gasteiger partial charge in [0.1, 0.15) is 0 Å². The van der Waals surface area contributed by atoms with Crippen LogP contribution in [0.5, 0.6) is 0 Å². The van der Waals surface area contributed by atoms with Crippen molar-refractivity contribution in [3.8, 4) is 0 Å². The molecule has 0 rings (SSSR count). The molecule has 0 N–H and O–H groups in total. The van der Waals surface area contributed by atoms with E-state index in [1.807, 2.05) is 0 Å². The first-order chi connectivity index (χ1) is 7.20. The minimum atomic E-state index is -0.791. The van der Waals surface area contributed by atoms with Gasteiger partial charge in [-0.1, -0.05) is 0 Å². The van der Waals surface area contributed by atoms with Crippen molar-refractivity contribution >= 4 is 24.4 Å². The summed E-state index contributed by atoms with van der Waals surface area (Å²) < 4.78 is 9.00. The van der Waals surface area contributed by atoms with Crippen LogP contribution in [0.15, 0.2) is 0 Å². The van der Waals surface area contributed by atoms with Gasteiger partial charge in [-0.15, -0.1) is 0 Å². The van der Waals surface area contributed by atoms with Gasteiger partial charge in [-0.05, 0) is 0 Å². The molecule has 8 nitrogen and oxygen atoms in total. The van der Waals surface area contributed by atoms with Gasteiger partial charge in [0, 0.05) is 6.42 Å². The van der Waals surface area contributed by atoms with Crippen molar-refractivity contribution < 1.29 is 28.6 Å². The number of rotatable bonds is 6. The van der Waals surface area contributed by atoms with E-state index in [9.17, 15) is 9.59 Å². The highest BCUT2D eigenvalue weighted by Gasteiger charge is 2.04. The maximum Gasteiger partial charge on any atom is 0.413 e. The molecule has 0 radical (unpaired) electrons. The zero-order valence-corrected chi connectivity index (χ0v) is 7.70. The highest BCUT2D eigenvalue weighted by Crippen LogP contribution is 1.85. The molecular formula is C7H8N4O4. The standard InChI is InChI=1S/C7H8N4O4/c8-10-4-6(12)14-2-1-3-15-7(13)5-11-9/h4-5H,1-3H2. The summed E-state index contributed by atoms with van der Waals surface area (Å²) in [5, 5.41) is 0. The smallest absolute Gasteiger partial charge is 0.413 e. The molecule has 0 bridgehead atoms.